The number of aliphatic hydroxyl groups excluding tert-OH is 1. The Bertz CT molecular complexity index is 529. The average molecular weight is 289 g/mol. The summed E-state index contributed by atoms with van der Waals surface area (Å²) in [5.74, 6) is 5.48. The number of carbonyl (C=O) groups excluding carboxylic acids is 1. The fourth-order valence-electron chi connectivity index (χ4n) is 2.03. The van der Waals surface area contributed by atoms with E-state index in [0.29, 0.717) is 31.9 Å². The summed E-state index contributed by atoms with van der Waals surface area (Å²) in [5.41, 5.74) is 2.27. The van der Waals surface area contributed by atoms with Crippen LogP contribution < -0.4 is 0 Å². The minimum absolute atomic E-state index is 0.0117. The van der Waals surface area contributed by atoms with E-state index in [9.17, 15) is 4.79 Å². The van der Waals surface area contributed by atoms with Crippen LogP contribution in [0, 0.1) is 18.8 Å². The van der Waals surface area contributed by atoms with Crippen molar-refractivity contribution in [2.75, 3.05) is 32.9 Å². The molecule has 21 heavy (non-hydrogen) atoms. The highest BCUT2D eigenvalue weighted by Crippen LogP contribution is 2.15. The van der Waals surface area contributed by atoms with Gasteiger partial charge in [0.15, 0.2) is 0 Å². The van der Waals surface area contributed by atoms with Crippen LogP contribution in [0.2, 0.25) is 0 Å². The number of likely N-dealkylation sites (N-methyl/N-ethyl adjacent to an activating group) is 1. The fourth-order valence-corrected chi connectivity index (χ4v) is 2.03. The number of aliphatic hydroxyl groups is 1. The molecule has 0 heterocycles. The minimum atomic E-state index is -0.187. The molecule has 0 radical (unpaired) electrons. The molecule has 4 heteroatoms. The van der Waals surface area contributed by atoms with Gasteiger partial charge >= 0.3 is 0 Å². The quantitative estimate of drug-likeness (QED) is 0.642. The molecule has 1 aromatic rings. The second-order valence-electron chi connectivity index (χ2n) is 4.52. The van der Waals surface area contributed by atoms with Crippen LogP contribution in [0.15, 0.2) is 18.2 Å². The number of nitrogens with zero attached hydrogens (tertiary/aromatic N) is 1. The predicted molar refractivity (Wildman–Crippen MR) is 83.2 cm³/mol. The van der Waals surface area contributed by atoms with Crippen LogP contribution in [0.1, 0.15) is 35.3 Å². The monoisotopic (exact) mass is 289 g/mol. The normalized spacial score (nSPS) is 9.90. The summed E-state index contributed by atoms with van der Waals surface area (Å²) in [7, 11) is 0. The molecule has 1 amide bonds. The van der Waals surface area contributed by atoms with Crippen LogP contribution in [0.5, 0.6) is 0 Å². The number of hydrogen-bond acceptors (Lipinski definition) is 3. The molecule has 0 aliphatic carbocycles. The van der Waals surface area contributed by atoms with E-state index < -0.39 is 0 Å². The van der Waals surface area contributed by atoms with Gasteiger partial charge in [-0.05, 0) is 38.5 Å². The van der Waals surface area contributed by atoms with Crippen LogP contribution in [-0.4, -0.2) is 48.8 Å². The van der Waals surface area contributed by atoms with Crippen LogP contribution in [0.4, 0.5) is 0 Å². The van der Waals surface area contributed by atoms with Crippen LogP contribution in [-0.2, 0) is 4.74 Å². The Kier molecular flexibility index (Phi) is 7.52. The Hall–Kier alpha value is -1.83. The molecule has 1 N–H and O–H groups in total. The number of hydrogen-bond donors (Lipinski definition) is 1. The van der Waals surface area contributed by atoms with E-state index in [-0.39, 0.29) is 12.5 Å². The molecule has 114 valence electrons. The van der Waals surface area contributed by atoms with Crippen molar-refractivity contribution in [3.8, 4) is 11.8 Å². The van der Waals surface area contributed by atoms with Gasteiger partial charge in [0.2, 0.25) is 0 Å². The summed E-state index contributed by atoms with van der Waals surface area (Å²) in [5, 5.41) is 8.78. The molecular weight excluding hydrogens is 266 g/mol. The largest absolute Gasteiger partial charge is 0.384 e. The second-order valence-corrected chi connectivity index (χ2v) is 4.52. The Morgan fingerprint density at radius 3 is 2.76 bits per heavy atom. The Labute approximate surface area is 126 Å². The molecule has 0 unspecified atom stereocenters. The summed E-state index contributed by atoms with van der Waals surface area (Å²) in [6.07, 6.45) is 0. The van der Waals surface area contributed by atoms with Gasteiger partial charge in [0.1, 0.15) is 6.61 Å². The molecular formula is C17H23NO3. The molecule has 0 atom stereocenters. The zero-order valence-corrected chi connectivity index (χ0v) is 13.0. The summed E-state index contributed by atoms with van der Waals surface area (Å²) in [4.78, 5) is 14.4. The van der Waals surface area contributed by atoms with Gasteiger partial charge in [0.25, 0.3) is 5.91 Å². The predicted octanol–water partition coefficient (Wildman–Crippen LogP) is 1.84. The molecule has 1 rings (SSSR count). The maximum absolute atomic E-state index is 12.6. The molecule has 0 saturated heterocycles. The first kappa shape index (κ1) is 17.2. The Morgan fingerprint density at radius 2 is 2.14 bits per heavy atom. The van der Waals surface area contributed by atoms with E-state index in [4.69, 9.17) is 9.84 Å². The number of carbonyl (C=O) groups is 1. The van der Waals surface area contributed by atoms with Crippen molar-refractivity contribution in [1.29, 1.82) is 0 Å². The first-order valence-electron chi connectivity index (χ1n) is 7.22. The van der Waals surface area contributed by atoms with Gasteiger partial charge in [0, 0.05) is 30.8 Å². The standard InChI is InChI=1S/C17H23NO3/c1-4-18(11-13-21-5-2)17(20)16-10-6-8-15(14(16)3)9-7-12-19/h6,8,10,19H,4-5,11-13H2,1-3H3. The van der Waals surface area contributed by atoms with E-state index in [0.717, 1.165) is 11.1 Å². The third-order valence-electron chi connectivity index (χ3n) is 3.24. The minimum Gasteiger partial charge on any atom is -0.384 e. The molecule has 4 nitrogen and oxygen atoms in total. The molecule has 1 aromatic carbocycles. The van der Waals surface area contributed by atoms with E-state index in [2.05, 4.69) is 11.8 Å². The zero-order valence-electron chi connectivity index (χ0n) is 13.0. The highest BCUT2D eigenvalue weighted by Gasteiger charge is 2.17. The molecule has 0 fully saturated rings. The summed E-state index contributed by atoms with van der Waals surface area (Å²) in [6, 6.07) is 5.48. The summed E-state index contributed by atoms with van der Waals surface area (Å²) < 4.78 is 5.31. The highest BCUT2D eigenvalue weighted by molar-refractivity contribution is 5.96. The van der Waals surface area contributed by atoms with E-state index in [1.54, 1.807) is 4.90 Å². The van der Waals surface area contributed by atoms with Crippen molar-refractivity contribution in [3.05, 3.63) is 34.9 Å². The Balaban J connectivity index is 2.95. The lowest BCUT2D eigenvalue weighted by Crippen LogP contribution is -2.34. The summed E-state index contributed by atoms with van der Waals surface area (Å²) in [6.45, 7) is 7.99. The van der Waals surface area contributed by atoms with Gasteiger partial charge < -0.3 is 14.7 Å². The summed E-state index contributed by atoms with van der Waals surface area (Å²) >= 11 is 0. The van der Waals surface area contributed by atoms with Crippen molar-refractivity contribution in [2.24, 2.45) is 0 Å². The van der Waals surface area contributed by atoms with Crippen LogP contribution >= 0.6 is 0 Å². The van der Waals surface area contributed by atoms with Crippen molar-refractivity contribution in [2.45, 2.75) is 20.8 Å². The van der Waals surface area contributed by atoms with Crippen LogP contribution in [0.25, 0.3) is 0 Å². The van der Waals surface area contributed by atoms with Gasteiger partial charge in [-0.25, -0.2) is 0 Å². The van der Waals surface area contributed by atoms with Gasteiger partial charge in [0.05, 0.1) is 6.61 Å². The van der Waals surface area contributed by atoms with Crippen molar-refractivity contribution < 1.29 is 14.6 Å². The maximum atomic E-state index is 12.6. The molecule has 0 spiro atoms. The number of ether oxygens (including phenoxy) is 1. The van der Waals surface area contributed by atoms with Gasteiger partial charge in [-0.2, -0.15) is 0 Å². The first-order chi connectivity index (χ1) is 10.2. The average Bonchev–Trinajstić information content (AvgIpc) is 2.50. The lowest BCUT2D eigenvalue weighted by Gasteiger charge is -2.22. The Morgan fingerprint density at radius 1 is 1.38 bits per heavy atom. The topological polar surface area (TPSA) is 49.8 Å². The third kappa shape index (κ3) is 4.89. The smallest absolute Gasteiger partial charge is 0.254 e. The number of benzene rings is 1. The van der Waals surface area contributed by atoms with Gasteiger partial charge in [-0.3, -0.25) is 4.79 Å². The maximum Gasteiger partial charge on any atom is 0.254 e. The number of amides is 1. The number of rotatable bonds is 6. The van der Waals surface area contributed by atoms with E-state index >= 15 is 0 Å². The van der Waals surface area contributed by atoms with Crippen molar-refractivity contribution in [1.82, 2.24) is 4.90 Å². The van der Waals surface area contributed by atoms with Gasteiger partial charge in [-0.1, -0.05) is 17.9 Å². The molecule has 0 saturated carbocycles. The molecule has 0 aliphatic heterocycles. The van der Waals surface area contributed by atoms with E-state index in [1.165, 1.54) is 0 Å². The van der Waals surface area contributed by atoms with Crippen molar-refractivity contribution in [3.63, 3.8) is 0 Å². The SMILES string of the molecule is CCOCCN(CC)C(=O)c1cccc(C#CCO)c1C. The zero-order chi connectivity index (χ0) is 15.7. The second kappa shape index (κ2) is 9.17. The molecule has 0 aromatic heterocycles. The third-order valence-corrected chi connectivity index (χ3v) is 3.24. The van der Waals surface area contributed by atoms with Crippen molar-refractivity contribution >= 4 is 5.91 Å². The van der Waals surface area contributed by atoms with Gasteiger partial charge in [-0.15, -0.1) is 0 Å². The lowest BCUT2D eigenvalue weighted by molar-refractivity contribution is 0.0668. The first-order valence-corrected chi connectivity index (χ1v) is 7.22. The fraction of sp³-hybridized carbons (Fsp3) is 0.471. The van der Waals surface area contributed by atoms with Crippen LogP contribution in [0.3, 0.4) is 0 Å². The lowest BCUT2D eigenvalue weighted by atomic mass is 10.0. The molecule has 0 bridgehead atoms. The molecule has 0 aliphatic rings. The van der Waals surface area contributed by atoms with E-state index in [1.807, 2.05) is 39.0 Å². The highest BCUT2D eigenvalue weighted by atomic mass is 16.5.